The van der Waals surface area contributed by atoms with E-state index in [-0.39, 0.29) is 193 Å². The number of carbonyl (C=O) groups excluding carboxylic acids is 4. The van der Waals surface area contributed by atoms with E-state index < -0.39 is 18.2 Å². The molecule has 0 aromatic heterocycles. The Balaban J connectivity index is 0. The number of hydrogen-bond donors (Lipinski definition) is 1. The van der Waals surface area contributed by atoms with Crippen molar-refractivity contribution in [1.29, 1.82) is 0 Å². The first-order valence-electron chi connectivity index (χ1n) is 10.7. The molecule has 0 radical (unpaired) electrons. The van der Waals surface area contributed by atoms with Gasteiger partial charge in [0.2, 0.25) is 0 Å². The van der Waals surface area contributed by atoms with Gasteiger partial charge in [0.25, 0.3) is 0 Å². The van der Waals surface area contributed by atoms with Gasteiger partial charge in [-0.05, 0) is 32.1 Å². The average molecular weight is 698 g/mol. The van der Waals surface area contributed by atoms with Crippen molar-refractivity contribution in [2.45, 2.75) is 38.5 Å². The van der Waals surface area contributed by atoms with Crippen LogP contribution in [0.15, 0.2) is 35.5 Å². The molecular weight excluding hydrogens is 669 g/mol. The van der Waals surface area contributed by atoms with Gasteiger partial charge in [0, 0.05) is 49.9 Å². The minimum Gasteiger partial charge on any atom is -0.656 e. The van der Waals surface area contributed by atoms with Crippen LogP contribution in [0.2, 0.25) is 0 Å². The van der Waals surface area contributed by atoms with Gasteiger partial charge < -0.3 is 40.4 Å². The molecule has 1 aromatic rings. The Morgan fingerprint density at radius 3 is 2.31 bits per heavy atom. The summed E-state index contributed by atoms with van der Waals surface area (Å²) >= 11 is 0. The maximum atomic E-state index is 12.8. The van der Waals surface area contributed by atoms with Crippen LogP contribution in [0.4, 0.5) is 5.69 Å². The Morgan fingerprint density at radius 2 is 1.66 bits per heavy atom. The number of nitrogens with one attached hydrogen (secondary N) is 1. The van der Waals surface area contributed by atoms with Gasteiger partial charge in [-0.15, -0.1) is 18.8 Å². The predicted molar refractivity (Wildman–Crippen MR) is 121 cm³/mol. The molecule has 2 rings (SSSR count). The van der Waals surface area contributed by atoms with E-state index in [1.165, 1.54) is 0 Å². The molecule has 0 aliphatic heterocycles. The quantitative estimate of drug-likeness (QED) is 0.0895. The molecule has 12 heteroatoms. The second-order valence-corrected chi connectivity index (χ2v) is 7.23. The fraction of sp³-hybridized carbons (Fsp3) is 0.478. The third-order valence-electron chi connectivity index (χ3n) is 4.90. The Labute approximate surface area is 354 Å². The second-order valence-electron chi connectivity index (χ2n) is 7.23. The van der Waals surface area contributed by atoms with E-state index >= 15 is 0 Å². The summed E-state index contributed by atoms with van der Waals surface area (Å²) < 4.78 is 5.25. The molecular formula is C23H29N4O5Rb3. The van der Waals surface area contributed by atoms with Crippen molar-refractivity contribution in [3.63, 3.8) is 0 Å². The van der Waals surface area contributed by atoms with Crippen molar-refractivity contribution in [3.8, 4) is 0 Å². The van der Waals surface area contributed by atoms with Crippen molar-refractivity contribution < 1.29 is 198 Å². The number of amides is 3. The normalized spacial score (nSPS) is 12.1. The van der Waals surface area contributed by atoms with Crippen molar-refractivity contribution in [2.75, 3.05) is 33.4 Å². The molecule has 1 N–H and O–H groups in total. The number of benzene rings is 1. The zero-order valence-corrected chi connectivity index (χ0v) is 36.1. The van der Waals surface area contributed by atoms with E-state index in [2.05, 4.69) is 21.3 Å². The molecule has 0 saturated carbocycles. The van der Waals surface area contributed by atoms with Gasteiger partial charge in [0.05, 0.1) is 11.8 Å². The number of ether oxygens (including phenoxy) is 1. The Hall–Kier alpha value is 2.22. The second kappa shape index (κ2) is 24.0. The van der Waals surface area contributed by atoms with Crippen molar-refractivity contribution in [3.05, 3.63) is 57.0 Å². The minimum atomic E-state index is -0.596. The molecule has 3 amide bonds. The van der Waals surface area contributed by atoms with E-state index in [0.717, 1.165) is 37.0 Å². The largest absolute Gasteiger partial charge is 1.00 e. The van der Waals surface area contributed by atoms with Gasteiger partial charge in [-0.1, -0.05) is 24.3 Å². The number of ketones is 1. The van der Waals surface area contributed by atoms with E-state index in [4.69, 9.17) is 4.74 Å². The van der Waals surface area contributed by atoms with Crippen LogP contribution in [0.25, 0.3) is 16.0 Å². The Kier molecular flexibility index (Phi) is 27.0. The van der Waals surface area contributed by atoms with Crippen LogP contribution >= 0.6 is 0 Å². The van der Waals surface area contributed by atoms with Gasteiger partial charge >= 0.3 is 175 Å². The van der Waals surface area contributed by atoms with Crippen LogP contribution < -0.4 is 180 Å². The van der Waals surface area contributed by atoms with Crippen LogP contribution in [0, 0.1) is 0 Å². The fourth-order valence-corrected chi connectivity index (χ4v) is 3.31. The maximum Gasteiger partial charge on any atom is 1.00 e. The van der Waals surface area contributed by atoms with Crippen LogP contribution in [0.3, 0.4) is 0 Å². The van der Waals surface area contributed by atoms with Crippen LogP contribution in [-0.2, 0) is 19.1 Å². The van der Waals surface area contributed by atoms with E-state index in [1.54, 1.807) is 24.3 Å². The maximum absolute atomic E-state index is 12.8. The molecule has 1 aromatic carbocycles. The van der Waals surface area contributed by atoms with Crippen molar-refractivity contribution in [2.24, 2.45) is 0 Å². The number of allylic oxidation sites excluding steroid dienone is 2. The first-order chi connectivity index (χ1) is 15.5. The van der Waals surface area contributed by atoms with Gasteiger partial charge in [0.15, 0.2) is 5.78 Å². The smallest absolute Gasteiger partial charge is 0.656 e. The molecule has 35 heavy (non-hydrogen) atoms. The SMILES string of the molecule is CNC1=C(C(=O)c2ccc([N-]C(=O)CC(=O)[N-]CCOCCC[N-]C=O)cc2)CCCC1.[Rb+].[Rb+].[Rb+]. The Bertz CT molecular complexity index is 835. The molecule has 0 bridgehead atoms. The summed E-state index contributed by atoms with van der Waals surface area (Å²) in [5.41, 5.74) is 2.74. The molecule has 1 aliphatic carbocycles. The first-order valence-corrected chi connectivity index (χ1v) is 10.7. The summed E-state index contributed by atoms with van der Waals surface area (Å²) in [5.74, 6) is -1.17. The van der Waals surface area contributed by atoms with Gasteiger partial charge in [0.1, 0.15) is 0 Å². The molecule has 0 fully saturated rings. The molecule has 0 unspecified atom stereocenters. The standard InChI is InChI=1S/C23H32N4O5.3Rb/c1-24-20-6-3-2-5-19(20)23(31)17-7-9-18(10-8-17)27-22(30)15-21(29)26-12-14-32-13-4-11-25-16-28;;;/h7-10,16H,2-6,11-15H2,1H3,(H4,24,25,26,27,28,29,30,31);;;/q;3*+1/p-3. The monoisotopic (exact) mass is 696 g/mol. The van der Waals surface area contributed by atoms with Gasteiger partial charge in [-0.25, -0.2) is 0 Å². The van der Waals surface area contributed by atoms with Crippen LogP contribution in [0.1, 0.15) is 48.9 Å². The van der Waals surface area contributed by atoms with E-state index in [9.17, 15) is 19.2 Å². The summed E-state index contributed by atoms with van der Waals surface area (Å²) in [6.07, 6.45) is 4.40. The number of carbonyl (C=O) groups is 4. The predicted octanol–water partition coefficient (Wildman–Crippen LogP) is -5.31. The zero-order chi connectivity index (χ0) is 23.2. The molecule has 0 spiro atoms. The number of hydrogen-bond acceptors (Lipinski definition) is 6. The average Bonchev–Trinajstić information content (AvgIpc) is 2.80. The summed E-state index contributed by atoms with van der Waals surface area (Å²) in [6, 6.07) is 6.49. The van der Waals surface area contributed by atoms with Crippen molar-refractivity contribution >= 4 is 29.7 Å². The molecule has 174 valence electrons. The fourth-order valence-electron chi connectivity index (χ4n) is 3.31. The third kappa shape index (κ3) is 16.2. The summed E-state index contributed by atoms with van der Waals surface area (Å²) in [7, 11) is 1.83. The Morgan fingerprint density at radius 1 is 0.971 bits per heavy atom. The first kappa shape index (κ1) is 39.4. The van der Waals surface area contributed by atoms with Crippen LogP contribution in [0.5, 0.6) is 0 Å². The topological polar surface area (TPSA) is 132 Å². The summed E-state index contributed by atoms with van der Waals surface area (Å²) in [4.78, 5) is 46.6. The molecule has 0 heterocycles. The van der Waals surface area contributed by atoms with Gasteiger partial charge in [-0.2, -0.15) is 0 Å². The number of nitrogens with zero attached hydrogens (tertiary/aromatic N) is 3. The zero-order valence-electron chi connectivity index (χ0n) is 21.3. The van der Waals surface area contributed by atoms with E-state index in [1.807, 2.05) is 7.05 Å². The molecule has 1 aliphatic rings. The molecule has 0 saturated heterocycles. The van der Waals surface area contributed by atoms with Crippen LogP contribution in [-0.4, -0.2) is 57.4 Å². The molecule has 9 nitrogen and oxygen atoms in total. The van der Waals surface area contributed by atoms with Crippen molar-refractivity contribution in [1.82, 2.24) is 5.32 Å². The number of Topliss-reactive ketones (excluding diaryl/α,β-unsaturated/α-hetero) is 1. The summed E-state index contributed by atoms with van der Waals surface area (Å²) in [6.45, 7) is 1.22. The van der Waals surface area contributed by atoms with Gasteiger partial charge in [-0.3, -0.25) is 4.79 Å². The molecule has 0 atom stereocenters. The summed E-state index contributed by atoms with van der Waals surface area (Å²) in [5, 5.41) is 14.3. The minimum absolute atomic E-state index is 0. The third-order valence-corrected chi connectivity index (χ3v) is 4.90. The number of rotatable bonds is 14. The van der Waals surface area contributed by atoms with E-state index in [0.29, 0.717) is 37.2 Å².